The fraction of sp³-hybridized carbons (Fsp3) is 1.00. The van der Waals surface area contributed by atoms with Crippen molar-refractivity contribution in [2.45, 2.75) is 12.8 Å². The Bertz CT molecular complexity index is 59.4. The maximum Gasteiger partial charge on any atom is 0.152 e. The first-order chi connectivity index (χ1) is 5.50. The minimum absolute atomic E-state index is 0.375. The summed E-state index contributed by atoms with van der Waals surface area (Å²) in [6, 6.07) is 0. The molecule has 2 heterocycles. The van der Waals surface area contributed by atoms with E-state index in [1.807, 2.05) is 0 Å². The Kier molecular flexibility index (Phi) is 5.31. The van der Waals surface area contributed by atoms with Crippen LogP contribution in [-0.2, 0) is 18.9 Å². The third kappa shape index (κ3) is 5.15. The monoisotopic (exact) mass is 162 g/mol. The molecule has 0 N–H and O–H groups in total. The largest absolute Gasteiger partial charge is 0.381 e. The lowest BCUT2D eigenvalue weighted by Crippen LogP contribution is -2.14. The van der Waals surface area contributed by atoms with Crippen molar-refractivity contribution in [2.75, 3.05) is 33.6 Å². The van der Waals surface area contributed by atoms with Crippen LogP contribution in [0.25, 0.3) is 0 Å². The third-order valence-electron chi connectivity index (χ3n) is 1.33. The standard InChI is InChI=1S/C4H8O.C3H6O3/c1-2-4-5-3-1;1-4-2-6-3-5-1/h1-4H2;1-3H2. The highest BCUT2D eigenvalue weighted by atomic mass is 16.8. The molecule has 0 atom stereocenters. The molecule has 0 amide bonds. The van der Waals surface area contributed by atoms with E-state index in [0.29, 0.717) is 20.4 Å². The van der Waals surface area contributed by atoms with Crippen molar-refractivity contribution in [3.8, 4) is 0 Å². The Morgan fingerprint density at radius 1 is 0.545 bits per heavy atom. The first-order valence-corrected chi connectivity index (χ1v) is 3.81. The first kappa shape index (κ1) is 8.93. The van der Waals surface area contributed by atoms with Crippen molar-refractivity contribution in [3.05, 3.63) is 0 Å². The molecule has 2 aliphatic heterocycles. The lowest BCUT2D eigenvalue weighted by Gasteiger charge is -2.10. The second-order valence-electron chi connectivity index (χ2n) is 2.29. The van der Waals surface area contributed by atoms with Crippen LogP contribution in [0.5, 0.6) is 0 Å². The molecule has 0 aromatic heterocycles. The van der Waals surface area contributed by atoms with Crippen LogP contribution in [0.15, 0.2) is 0 Å². The van der Waals surface area contributed by atoms with Gasteiger partial charge in [-0.15, -0.1) is 0 Å². The van der Waals surface area contributed by atoms with Crippen molar-refractivity contribution in [3.63, 3.8) is 0 Å². The third-order valence-corrected chi connectivity index (χ3v) is 1.33. The van der Waals surface area contributed by atoms with E-state index in [4.69, 9.17) is 4.74 Å². The van der Waals surface area contributed by atoms with Gasteiger partial charge in [0.25, 0.3) is 0 Å². The lowest BCUT2D eigenvalue weighted by atomic mass is 10.4. The maximum atomic E-state index is 4.94. The zero-order valence-electron chi connectivity index (χ0n) is 6.58. The van der Waals surface area contributed by atoms with Gasteiger partial charge >= 0.3 is 0 Å². The van der Waals surface area contributed by atoms with Crippen molar-refractivity contribution in [2.24, 2.45) is 0 Å². The van der Waals surface area contributed by atoms with Crippen molar-refractivity contribution >= 4 is 0 Å². The molecule has 0 aromatic rings. The highest BCUT2D eigenvalue weighted by Crippen LogP contribution is 1.98. The Balaban J connectivity index is 0.000000112. The van der Waals surface area contributed by atoms with E-state index >= 15 is 0 Å². The molecular formula is C7H14O4. The molecule has 4 nitrogen and oxygen atoms in total. The number of hydrogen-bond acceptors (Lipinski definition) is 4. The fourth-order valence-corrected chi connectivity index (χ4v) is 0.789. The van der Waals surface area contributed by atoms with Crippen LogP contribution in [0.2, 0.25) is 0 Å². The van der Waals surface area contributed by atoms with Gasteiger partial charge in [-0.3, -0.25) is 0 Å². The van der Waals surface area contributed by atoms with Crippen molar-refractivity contribution < 1.29 is 18.9 Å². The highest BCUT2D eigenvalue weighted by Gasteiger charge is 1.94. The van der Waals surface area contributed by atoms with Crippen LogP contribution < -0.4 is 0 Å². The lowest BCUT2D eigenvalue weighted by molar-refractivity contribution is -0.247. The van der Waals surface area contributed by atoms with Gasteiger partial charge in [-0.05, 0) is 12.8 Å². The Labute approximate surface area is 66.4 Å². The van der Waals surface area contributed by atoms with Crippen LogP contribution in [0.3, 0.4) is 0 Å². The second-order valence-corrected chi connectivity index (χ2v) is 2.29. The zero-order valence-corrected chi connectivity index (χ0v) is 6.58. The molecule has 0 saturated carbocycles. The van der Waals surface area contributed by atoms with E-state index in [0.717, 1.165) is 13.2 Å². The maximum absolute atomic E-state index is 4.94. The number of rotatable bonds is 0. The first-order valence-electron chi connectivity index (χ1n) is 3.81. The Morgan fingerprint density at radius 3 is 1.18 bits per heavy atom. The average Bonchev–Trinajstić information content (AvgIpc) is 2.64. The van der Waals surface area contributed by atoms with E-state index < -0.39 is 0 Å². The zero-order chi connectivity index (χ0) is 7.78. The van der Waals surface area contributed by atoms with Gasteiger partial charge in [0.1, 0.15) is 0 Å². The van der Waals surface area contributed by atoms with Gasteiger partial charge in [0.15, 0.2) is 20.4 Å². The summed E-state index contributed by atoms with van der Waals surface area (Å²) in [5.41, 5.74) is 0. The minimum Gasteiger partial charge on any atom is -0.381 e. The minimum atomic E-state index is 0.375. The SMILES string of the molecule is C1CCOC1.C1OCOCO1. The Hall–Kier alpha value is -0.160. The van der Waals surface area contributed by atoms with E-state index in [-0.39, 0.29) is 0 Å². The van der Waals surface area contributed by atoms with E-state index in [1.165, 1.54) is 12.8 Å². The summed E-state index contributed by atoms with van der Waals surface area (Å²) < 4.78 is 18.8. The normalized spacial score (nSPS) is 24.0. The molecule has 2 saturated heterocycles. The molecule has 0 spiro atoms. The van der Waals surface area contributed by atoms with Crippen LogP contribution in [0.4, 0.5) is 0 Å². The number of hydrogen-bond donors (Lipinski definition) is 0. The molecule has 66 valence electrons. The average molecular weight is 162 g/mol. The topological polar surface area (TPSA) is 36.9 Å². The van der Waals surface area contributed by atoms with Crippen LogP contribution in [0.1, 0.15) is 12.8 Å². The fourth-order valence-electron chi connectivity index (χ4n) is 0.789. The van der Waals surface area contributed by atoms with Crippen LogP contribution in [0, 0.1) is 0 Å². The number of ether oxygens (including phenoxy) is 4. The highest BCUT2D eigenvalue weighted by molar-refractivity contribution is 4.43. The molecule has 2 rings (SSSR count). The summed E-state index contributed by atoms with van der Waals surface area (Å²) in [4.78, 5) is 0. The summed E-state index contributed by atoms with van der Waals surface area (Å²) in [6.07, 6.45) is 2.56. The summed E-state index contributed by atoms with van der Waals surface area (Å²) in [7, 11) is 0. The van der Waals surface area contributed by atoms with Gasteiger partial charge in [0.2, 0.25) is 0 Å². The molecule has 0 unspecified atom stereocenters. The molecule has 2 aliphatic rings. The molecule has 11 heavy (non-hydrogen) atoms. The molecule has 0 aliphatic carbocycles. The van der Waals surface area contributed by atoms with Gasteiger partial charge in [-0.2, -0.15) is 0 Å². The van der Waals surface area contributed by atoms with E-state index in [2.05, 4.69) is 14.2 Å². The summed E-state index contributed by atoms with van der Waals surface area (Å²) in [5.74, 6) is 0. The van der Waals surface area contributed by atoms with Gasteiger partial charge < -0.3 is 18.9 Å². The van der Waals surface area contributed by atoms with E-state index in [1.54, 1.807) is 0 Å². The van der Waals surface area contributed by atoms with Crippen molar-refractivity contribution in [1.82, 2.24) is 0 Å². The molecule has 4 heteroatoms. The summed E-state index contributed by atoms with van der Waals surface area (Å²) >= 11 is 0. The van der Waals surface area contributed by atoms with Gasteiger partial charge in [0.05, 0.1) is 0 Å². The quantitative estimate of drug-likeness (QED) is 0.526. The molecular weight excluding hydrogens is 148 g/mol. The predicted octanol–water partition coefficient (Wildman–Crippen LogP) is 0.719. The van der Waals surface area contributed by atoms with Gasteiger partial charge in [0, 0.05) is 13.2 Å². The second kappa shape index (κ2) is 6.54. The van der Waals surface area contributed by atoms with Crippen LogP contribution in [-0.4, -0.2) is 33.6 Å². The molecule has 0 radical (unpaired) electrons. The molecule has 0 aromatic carbocycles. The van der Waals surface area contributed by atoms with E-state index in [9.17, 15) is 0 Å². The van der Waals surface area contributed by atoms with Crippen LogP contribution >= 0.6 is 0 Å². The van der Waals surface area contributed by atoms with Gasteiger partial charge in [-0.1, -0.05) is 0 Å². The summed E-state index contributed by atoms with van der Waals surface area (Å²) in [5, 5.41) is 0. The molecule has 0 bridgehead atoms. The summed E-state index contributed by atoms with van der Waals surface area (Å²) in [6.45, 7) is 3.12. The van der Waals surface area contributed by atoms with Crippen molar-refractivity contribution in [1.29, 1.82) is 0 Å². The smallest absolute Gasteiger partial charge is 0.152 e. The Morgan fingerprint density at radius 2 is 1.00 bits per heavy atom. The van der Waals surface area contributed by atoms with Gasteiger partial charge in [-0.25, -0.2) is 0 Å². The molecule has 2 fully saturated rings. The predicted molar refractivity (Wildman–Crippen MR) is 37.9 cm³/mol.